The van der Waals surface area contributed by atoms with Crippen LogP contribution in [0.25, 0.3) is 0 Å². The standard InChI is InChI=1S/C20H28O4/c1-10-13-15(21)11-6-7-12-19(2,3)8-5-9-20(12,4)14(11)16(22)17(13)24-18(10)23/h6,12,14-17,21-22H,5,7-9H2,1-4H3. The molecule has 24 heavy (non-hydrogen) atoms. The van der Waals surface area contributed by atoms with E-state index in [0.29, 0.717) is 17.1 Å². The summed E-state index contributed by atoms with van der Waals surface area (Å²) in [5.41, 5.74) is 2.09. The minimum absolute atomic E-state index is 0.0688. The van der Waals surface area contributed by atoms with Crippen LogP contribution in [-0.2, 0) is 9.53 Å². The minimum atomic E-state index is -0.794. The molecular formula is C20H28O4. The van der Waals surface area contributed by atoms with Gasteiger partial charge in [0.2, 0.25) is 0 Å². The van der Waals surface area contributed by atoms with Crippen molar-refractivity contribution in [2.24, 2.45) is 22.7 Å². The van der Waals surface area contributed by atoms with Crippen molar-refractivity contribution >= 4 is 5.97 Å². The van der Waals surface area contributed by atoms with Crippen molar-refractivity contribution in [1.29, 1.82) is 0 Å². The number of aliphatic hydroxyl groups is 2. The fraction of sp³-hybridized carbons (Fsp3) is 0.750. The molecule has 0 aromatic carbocycles. The van der Waals surface area contributed by atoms with Crippen LogP contribution in [0.1, 0.15) is 53.4 Å². The number of carbonyl (C=O) groups is 1. The van der Waals surface area contributed by atoms with Gasteiger partial charge in [-0.15, -0.1) is 0 Å². The second kappa shape index (κ2) is 4.95. The van der Waals surface area contributed by atoms with E-state index < -0.39 is 24.3 Å². The molecule has 1 heterocycles. The van der Waals surface area contributed by atoms with Gasteiger partial charge in [-0.3, -0.25) is 0 Å². The van der Waals surface area contributed by atoms with E-state index in [0.717, 1.165) is 24.8 Å². The molecule has 0 saturated heterocycles. The number of esters is 1. The lowest BCUT2D eigenvalue weighted by molar-refractivity contribution is -0.154. The van der Waals surface area contributed by atoms with Gasteiger partial charge >= 0.3 is 5.97 Å². The number of allylic oxidation sites excluding steroid dienone is 1. The van der Waals surface area contributed by atoms with E-state index in [1.165, 1.54) is 6.42 Å². The normalized spacial score (nSPS) is 46.7. The van der Waals surface area contributed by atoms with E-state index in [1.807, 2.05) is 0 Å². The molecule has 0 radical (unpaired) electrons. The van der Waals surface area contributed by atoms with Crippen LogP contribution in [0.4, 0.5) is 0 Å². The van der Waals surface area contributed by atoms with Crippen molar-refractivity contribution in [3.05, 3.63) is 22.8 Å². The van der Waals surface area contributed by atoms with Crippen molar-refractivity contribution < 1.29 is 19.7 Å². The van der Waals surface area contributed by atoms with Crippen molar-refractivity contribution in [2.75, 3.05) is 0 Å². The lowest BCUT2D eigenvalue weighted by atomic mass is 9.46. The zero-order chi connectivity index (χ0) is 17.4. The third kappa shape index (κ3) is 1.90. The number of hydrogen-bond acceptors (Lipinski definition) is 4. The average molecular weight is 332 g/mol. The van der Waals surface area contributed by atoms with Gasteiger partial charge < -0.3 is 14.9 Å². The SMILES string of the molecule is CC1=C2C(O)C3=CCC4C(C)(C)CCCC4(C)C3C(O)C2OC1=O. The zero-order valence-corrected chi connectivity index (χ0v) is 15.0. The van der Waals surface area contributed by atoms with Gasteiger partial charge in [0.05, 0.1) is 0 Å². The summed E-state index contributed by atoms with van der Waals surface area (Å²) in [6.07, 6.45) is 4.21. The smallest absolute Gasteiger partial charge is 0.334 e. The fourth-order valence-electron chi connectivity index (χ4n) is 6.32. The Morgan fingerprint density at radius 3 is 2.62 bits per heavy atom. The maximum absolute atomic E-state index is 12.0. The number of ether oxygens (including phenoxy) is 1. The Labute approximate surface area is 143 Å². The Balaban J connectivity index is 1.83. The molecule has 4 aliphatic rings. The molecule has 2 saturated carbocycles. The predicted molar refractivity (Wildman–Crippen MR) is 90.0 cm³/mol. The number of aliphatic hydroxyl groups excluding tert-OH is 2. The second-order valence-electron chi connectivity index (χ2n) is 9.12. The molecule has 0 amide bonds. The van der Waals surface area contributed by atoms with Crippen LogP contribution in [0.2, 0.25) is 0 Å². The summed E-state index contributed by atoms with van der Waals surface area (Å²) in [6, 6.07) is 0. The van der Waals surface area contributed by atoms with Crippen LogP contribution in [-0.4, -0.2) is 34.5 Å². The topological polar surface area (TPSA) is 66.8 Å². The highest BCUT2D eigenvalue weighted by Crippen LogP contribution is 2.63. The molecule has 0 aromatic rings. The van der Waals surface area contributed by atoms with Crippen molar-refractivity contribution in [3.8, 4) is 0 Å². The lowest BCUT2D eigenvalue weighted by Gasteiger charge is -2.60. The minimum Gasteiger partial charge on any atom is -0.452 e. The van der Waals surface area contributed by atoms with E-state index in [2.05, 4.69) is 26.8 Å². The van der Waals surface area contributed by atoms with Crippen molar-refractivity contribution in [3.63, 3.8) is 0 Å². The van der Waals surface area contributed by atoms with E-state index >= 15 is 0 Å². The lowest BCUT2D eigenvalue weighted by Crippen LogP contribution is -2.58. The van der Waals surface area contributed by atoms with E-state index in [1.54, 1.807) is 6.92 Å². The second-order valence-corrected chi connectivity index (χ2v) is 9.12. The first-order valence-electron chi connectivity index (χ1n) is 9.16. The molecule has 0 aromatic heterocycles. The Bertz CT molecular complexity index is 659. The van der Waals surface area contributed by atoms with Crippen LogP contribution in [0.5, 0.6) is 0 Å². The Morgan fingerprint density at radius 2 is 1.92 bits per heavy atom. The quantitative estimate of drug-likeness (QED) is 0.529. The molecule has 6 unspecified atom stereocenters. The zero-order valence-electron chi connectivity index (χ0n) is 15.0. The van der Waals surface area contributed by atoms with E-state index in [9.17, 15) is 15.0 Å². The Hall–Kier alpha value is -1.13. The number of rotatable bonds is 0. The van der Waals surface area contributed by atoms with Crippen molar-refractivity contribution in [1.82, 2.24) is 0 Å². The molecule has 0 spiro atoms. The molecule has 132 valence electrons. The van der Waals surface area contributed by atoms with E-state index in [-0.39, 0.29) is 16.7 Å². The molecule has 3 aliphatic carbocycles. The van der Waals surface area contributed by atoms with Gasteiger partial charge in [-0.05, 0) is 48.5 Å². The van der Waals surface area contributed by atoms with Gasteiger partial charge in [0.15, 0.2) is 6.10 Å². The number of fused-ring (bicyclic) bond motifs is 4. The molecule has 1 aliphatic heterocycles. The van der Waals surface area contributed by atoms with Crippen LogP contribution in [0.15, 0.2) is 22.8 Å². The van der Waals surface area contributed by atoms with Gasteiger partial charge in [0, 0.05) is 17.1 Å². The maximum Gasteiger partial charge on any atom is 0.334 e. The molecule has 4 nitrogen and oxygen atoms in total. The van der Waals surface area contributed by atoms with Gasteiger partial charge in [0.1, 0.15) is 12.2 Å². The highest BCUT2D eigenvalue weighted by atomic mass is 16.6. The summed E-state index contributed by atoms with van der Waals surface area (Å²) in [5.74, 6) is -0.0746. The molecule has 2 fully saturated rings. The number of carbonyl (C=O) groups excluding carboxylic acids is 1. The molecule has 6 atom stereocenters. The van der Waals surface area contributed by atoms with Crippen LogP contribution >= 0.6 is 0 Å². The molecule has 0 bridgehead atoms. The highest BCUT2D eigenvalue weighted by molar-refractivity contribution is 5.92. The summed E-state index contributed by atoms with van der Waals surface area (Å²) in [4.78, 5) is 12.0. The van der Waals surface area contributed by atoms with Gasteiger partial charge in [0.25, 0.3) is 0 Å². The van der Waals surface area contributed by atoms with Crippen LogP contribution < -0.4 is 0 Å². The first-order valence-corrected chi connectivity index (χ1v) is 9.16. The molecule has 2 N–H and O–H groups in total. The largest absolute Gasteiger partial charge is 0.452 e. The van der Waals surface area contributed by atoms with Gasteiger partial charge in [-0.2, -0.15) is 0 Å². The summed E-state index contributed by atoms with van der Waals surface area (Å²) >= 11 is 0. The average Bonchev–Trinajstić information content (AvgIpc) is 2.79. The monoisotopic (exact) mass is 332 g/mol. The van der Waals surface area contributed by atoms with Crippen LogP contribution in [0, 0.1) is 22.7 Å². The van der Waals surface area contributed by atoms with Gasteiger partial charge in [-0.1, -0.05) is 33.3 Å². The van der Waals surface area contributed by atoms with Crippen molar-refractivity contribution in [2.45, 2.75) is 71.7 Å². The maximum atomic E-state index is 12.0. The first-order chi connectivity index (χ1) is 11.2. The highest BCUT2D eigenvalue weighted by Gasteiger charge is 2.60. The Kier molecular flexibility index (Phi) is 3.37. The summed E-state index contributed by atoms with van der Waals surface area (Å²) in [6.45, 7) is 8.60. The third-order valence-electron chi connectivity index (χ3n) is 7.48. The summed E-state index contributed by atoms with van der Waals surface area (Å²) < 4.78 is 5.44. The molecule has 4 rings (SSSR count). The number of hydrogen-bond donors (Lipinski definition) is 2. The molecular weight excluding hydrogens is 304 g/mol. The Morgan fingerprint density at radius 1 is 1.21 bits per heavy atom. The predicted octanol–water partition coefficient (Wildman–Crippen LogP) is 2.74. The van der Waals surface area contributed by atoms with E-state index in [4.69, 9.17) is 4.74 Å². The van der Waals surface area contributed by atoms with Crippen LogP contribution in [0.3, 0.4) is 0 Å². The summed E-state index contributed by atoms with van der Waals surface area (Å²) in [5, 5.41) is 22.1. The third-order valence-corrected chi connectivity index (χ3v) is 7.48. The van der Waals surface area contributed by atoms with Gasteiger partial charge in [-0.25, -0.2) is 4.79 Å². The fourth-order valence-corrected chi connectivity index (χ4v) is 6.32. The summed E-state index contributed by atoms with van der Waals surface area (Å²) in [7, 11) is 0. The molecule has 4 heteroatoms. The first kappa shape index (κ1) is 16.3.